The highest BCUT2D eigenvalue weighted by Gasteiger charge is 2.07. The van der Waals surface area contributed by atoms with Gasteiger partial charge < -0.3 is 5.73 Å². The van der Waals surface area contributed by atoms with Crippen molar-refractivity contribution >= 4 is 16.5 Å². The van der Waals surface area contributed by atoms with Gasteiger partial charge in [0, 0.05) is 22.0 Å². The summed E-state index contributed by atoms with van der Waals surface area (Å²) in [5.74, 6) is 0. The fourth-order valence-corrected chi connectivity index (χ4v) is 1.94. The zero-order chi connectivity index (χ0) is 11.7. The Morgan fingerprint density at radius 1 is 0.882 bits per heavy atom. The molecule has 3 nitrogen and oxygen atoms in total. The van der Waals surface area contributed by atoms with Crippen LogP contribution in [0.5, 0.6) is 0 Å². The lowest BCUT2D eigenvalue weighted by Gasteiger charge is -2.06. The SMILES string of the molecule is Nc1ccccc1-c1nncc2ccccc12. The van der Waals surface area contributed by atoms with Gasteiger partial charge in [0.25, 0.3) is 0 Å². The van der Waals surface area contributed by atoms with Crippen LogP contribution < -0.4 is 5.73 Å². The van der Waals surface area contributed by atoms with Crippen LogP contribution in [-0.2, 0) is 0 Å². The van der Waals surface area contributed by atoms with Crippen molar-refractivity contribution in [3.63, 3.8) is 0 Å². The quantitative estimate of drug-likeness (QED) is 0.643. The van der Waals surface area contributed by atoms with Gasteiger partial charge in [-0.15, -0.1) is 5.10 Å². The molecule has 1 aromatic heterocycles. The molecule has 3 aromatic rings. The molecule has 0 atom stereocenters. The number of hydrogen-bond acceptors (Lipinski definition) is 3. The van der Waals surface area contributed by atoms with E-state index in [2.05, 4.69) is 10.2 Å². The highest BCUT2D eigenvalue weighted by Crippen LogP contribution is 2.29. The molecule has 0 saturated heterocycles. The second kappa shape index (κ2) is 3.87. The number of rotatable bonds is 1. The molecule has 0 fully saturated rings. The van der Waals surface area contributed by atoms with Gasteiger partial charge in [0.05, 0.1) is 6.20 Å². The minimum atomic E-state index is 0.721. The van der Waals surface area contributed by atoms with Crippen LogP contribution in [0.4, 0.5) is 5.69 Å². The Balaban J connectivity index is 2.35. The van der Waals surface area contributed by atoms with E-state index in [-0.39, 0.29) is 0 Å². The summed E-state index contributed by atoms with van der Waals surface area (Å²) in [7, 11) is 0. The fraction of sp³-hybridized carbons (Fsp3) is 0. The molecule has 0 aliphatic heterocycles. The Labute approximate surface area is 98.9 Å². The van der Waals surface area contributed by atoms with Crippen molar-refractivity contribution < 1.29 is 0 Å². The molecule has 17 heavy (non-hydrogen) atoms. The topological polar surface area (TPSA) is 51.8 Å². The number of benzene rings is 2. The molecule has 3 heteroatoms. The van der Waals surface area contributed by atoms with E-state index >= 15 is 0 Å². The molecule has 2 aromatic carbocycles. The number of nitrogens with zero attached hydrogens (tertiary/aromatic N) is 2. The molecule has 3 rings (SSSR count). The third-order valence-electron chi connectivity index (χ3n) is 2.79. The third kappa shape index (κ3) is 1.61. The summed E-state index contributed by atoms with van der Waals surface area (Å²) in [6.45, 7) is 0. The molecule has 2 N–H and O–H groups in total. The summed E-state index contributed by atoms with van der Waals surface area (Å²) in [6, 6.07) is 15.7. The Kier molecular flexibility index (Phi) is 2.22. The molecule has 0 bridgehead atoms. The Hall–Kier alpha value is -2.42. The molecule has 0 aliphatic rings. The van der Waals surface area contributed by atoms with Crippen molar-refractivity contribution in [2.45, 2.75) is 0 Å². The van der Waals surface area contributed by atoms with Gasteiger partial charge in [0.2, 0.25) is 0 Å². The van der Waals surface area contributed by atoms with Gasteiger partial charge in [-0.05, 0) is 6.07 Å². The number of nitrogens with two attached hydrogens (primary N) is 1. The van der Waals surface area contributed by atoms with Crippen LogP contribution in [-0.4, -0.2) is 10.2 Å². The van der Waals surface area contributed by atoms with Gasteiger partial charge in [-0.25, -0.2) is 0 Å². The zero-order valence-corrected chi connectivity index (χ0v) is 9.17. The molecule has 0 spiro atoms. The number of anilines is 1. The number of hydrogen-bond donors (Lipinski definition) is 1. The van der Waals surface area contributed by atoms with Crippen LogP contribution in [0.3, 0.4) is 0 Å². The first-order valence-corrected chi connectivity index (χ1v) is 5.41. The van der Waals surface area contributed by atoms with Gasteiger partial charge >= 0.3 is 0 Å². The minimum absolute atomic E-state index is 0.721. The van der Waals surface area contributed by atoms with Gasteiger partial charge in [0.1, 0.15) is 5.69 Å². The highest BCUT2D eigenvalue weighted by atomic mass is 15.1. The van der Waals surface area contributed by atoms with E-state index in [0.29, 0.717) is 0 Å². The summed E-state index contributed by atoms with van der Waals surface area (Å²) in [4.78, 5) is 0. The van der Waals surface area contributed by atoms with Crippen molar-refractivity contribution in [1.29, 1.82) is 0 Å². The van der Waals surface area contributed by atoms with E-state index in [0.717, 1.165) is 27.7 Å². The summed E-state index contributed by atoms with van der Waals surface area (Å²) < 4.78 is 0. The average Bonchev–Trinajstić information content (AvgIpc) is 2.39. The van der Waals surface area contributed by atoms with Crippen LogP contribution in [0, 0.1) is 0 Å². The molecule has 1 heterocycles. The lowest BCUT2D eigenvalue weighted by atomic mass is 10.0. The minimum Gasteiger partial charge on any atom is -0.398 e. The number of nitrogen functional groups attached to an aromatic ring is 1. The van der Waals surface area contributed by atoms with Gasteiger partial charge in [0.15, 0.2) is 0 Å². The van der Waals surface area contributed by atoms with Crippen molar-refractivity contribution in [2.75, 3.05) is 5.73 Å². The van der Waals surface area contributed by atoms with Gasteiger partial charge in [-0.2, -0.15) is 5.10 Å². The van der Waals surface area contributed by atoms with E-state index in [1.807, 2.05) is 48.5 Å². The maximum atomic E-state index is 5.98. The fourth-order valence-electron chi connectivity index (χ4n) is 1.94. The number of para-hydroxylation sites is 1. The molecular formula is C14H11N3. The van der Waals surface area contributed by atoms with Crippen molar-refractivity contribution in [1.82, 2.24) is 10.2 Å². The van der Waals surface area contributed by atoms with Crippen LogP contribution in [0.2, 0.25) is 0 Å². The van der Waals surface area contributed by atoms with Gasteiger partial charge in [-0.1, -0.05) is 42.5 Å². The predicted molar refractivity (Wildman–Crippen MR) is 69.4 cm³/mol. The maximum Gasteiger partial charge on any atom is 0.103 e. The zero-order valence-electron chi connectivity index (χ0n) is 9.17. The van der Waals surface area contributed by atoms with Crippen LogP contribution in [0.1, 0.15) is 0 Å². The van der Waals surface area contributed by atoms with Crippen LogP contribution in [0.25, 0.3) is 22.0 Å². The Bertz CT molecular complexity index is 672. The summed E-state index contributed by atoms with van der Waals surface area (Å²) in [6.07, 6.45) is 1.76. The summed E-state index contributed by atoms with van der Waals surface area (Å²) >= 11 is 0. The maximum absolute atomic E-state index is 5.98. The van der Waals surface area contributed by atoms with Gasteiger partial charge in [-0.3, -0.25) is 0 Å². The van der Waals surface area contributed by atoms with Crippen molar-refractivity contribution in [2.24, 2.45) is 0 Å². The normalized spacial score (nSPS) is 10.6. The Morgan fingerprint density at radius 3 is 2.53 bits per heavy atom. The summed E-state index contributed by atoms with van der Waals surface area (Å²) in [5, 5.41) is 10.4. The molecule has 0 radical (unpaired) electrons. The molecule has 82 valence electrons. The summed E-state index contributed by atoms with van der Waals surface area (Å²) in [5.41, 5.74) is 8.46. The van der Waals surface area contributed by atoms with Crippen molar-refractivity contribution in [3.8, 4) is 11.3 Å². The number of fused-ring (bicyclic) bond motifs is 1. The third-order valence-corrected chi connectivity index (χ3v) is 2.79. The Morgan fingerprint density at radius 2 is 1.65 bits per heavy atom. The molecule has 0 saturated carbocycles. The second-order valence-electron chi connectivity index (χ2n) is 3.87. The average molecular weight is 221 g/mol. The van der Waals surface area contributed by atoms with E-state index in [9.17, 15) is 0 Å². The second-order valence-corrected chi connectivity index (χ2v) is 3.87. The first-order valence-electron chi connectivity index (χ1n) is 5.41. The highest BCUT2D eigenvalue weighted by molar-refractivity contribution is 5.96. The first-order chi connectivity index (χ1) is 8.36. The lowest BCUT2D eigenvalue weighted by molar-refractivity contribution is 1.06. The van der Waals surface area contributed by atoms with E-state index in [1.54, 1.807) is 6.20 Å². The first kappa shape index (κ1) is 9.78. The predicted octanol–water partition coefficient (Wildman–Crippen LogP) is 2.88. The van der Waals surface area contributed by atoms with E-state index in [1.165, 1.54) is 0 Å². The van der Waals surface area contributed by atoms with E-state index < -0.39 is 0 Å². The standard InChI is InChI=1S/C14H11N3/c15-13-8-4-3-7-12(13)14-11-6-2-1-5-10(11)9-16-17-14/h1-9H,15H2. The monoisotopic (exact) mass is 221 g/mol. The van der Waals surface area contributed by atoms with Crippen molar-refractivity contribution in [3.05, 3.63) is 54.7 Å². The van der Waals surface area contributed by atoms with Crippen LogP contribution >= 0.6 is 0 Å². The molecule has 0 amide bonds. The van der Waals surface area contributed by atoms with Crippen LogP contribution in [0.15, 0.2) is 54.7 Å². The van der Waals surface area contributed by atoms with E-state index in [4.69, 9.17) is 5.73 Å². The molecular weight excluding hydrogens is 210 g/mol. The number of aromatic nitrogens is 2. The lowest BCUT2D eigenvalue weighted by Crippen LogP contribution is -1.94. The smallest absolute Gasteiger partial charge is 0.103 e. The largest absolute Gasteiger partial charge is 0.398 e. The molecule has 0 aliphatic carbocycles. The molecule has 0 unspecified atom stereocenters.